The van der Waals surface area contributed by atoms with Crippen LogP contribution >= 0.6 is 0 Å². The van der Waals surface area contributed by atoms with E-state index >= 15 is 0 Å². The van der Waals surface area contributed by atoms with Crippen LogP contribution in [0.2, 0.25) is 0 Å². The number of rotatable bonds is 1. The highest BCUT2D eigenvalue weighted by Gasteiger charge is 2.60. The van der Waals surface area contributed by atoms with Gasteiger partial charge in [0, 0.05) is 31.5 Å². The number of ether oxygens (including phenoxy) is 1. The topological polar surface area (TPSA) is 67.6 Å². The Bertz CT molecular complexity index is 634. The Labute approximate surface area is 136 Å². The molecule has 3 aliphatic rings. The number of carbonyl (C=O) groups is 1. The molecule has 2 aliphatic heterocycles. The Balaban J connectivity index is 1.34. The van der Waals surface area contributed by atoms with Gasteiger partial charge in [0.25, 0.3) is 0 Å². The second-order valence-electron chi connectivity index (χ2n) is 8.59. The van der Waals surface area contributed by atoms with Gasteiger partial charge in [0.15, 0.2) is 0 Å². The number of carbonyl (C=O) groups excluding carboxylic acids is 1. The molecule has 1 atom stereocenters. The summed E-state index contributed by atoms with van der Waals surface area (Å²) in [6.45, 7) is 8.02. The average molecular weight is 319 g/mol. The van der Waals surface area contributed by atoms with E-state index in [-0.39, 0.29) is 17.4 Å². The summed E-state index contributed by atoms with van der Waals surface area (Å²) in [4.78, 5) is 18.0. The minimum Gasteiger partial charge on any atom is -0.444 e. The largest absolute Gasteiger partial charge is 0.444 e. The van der Waals surface area contributed by atoms with Gasteiger partial charge >= 0.3 is 6.09 Å². The third kappa shape index (κ3) is 2.26. The minimum absolute atomic E-state index is 0.199. The van der Waals surface area contributed by atoms with Gasteiger partial charge in [0.2, 0.25) is 0 Å². The number of hydrogen-bond donors (Lipinski definition) is 1. The van der Waals surface area contributed by atoms with E-state index < -0.39 is 11.2 Å². The van der Waals surface area contributed by atoms with E-state index in [4.69, 9.17) is 4.74 Å². The second-order valence-corrected chi connectivity index (χ2v) is 8.59. The van der Waals surface area contributed by atoms with Crippen LogP contribution in [-0.4, -0.2) is 44.3 Å². The molecule has 1 N–H and O–H groups in total. The van der Waals surface area contributed by atoms with Crippen molar-refractivity contribution in [2.45, 2.75) is 57.8 Å². The molecule has 1 aromatic heterocycles. The van der Waals surface area contributed by atoms with Gasteiger partial charge in [0.05, 0.1) is 18.2 Å². The minimum atomic E-state index is -0.728. The van der Waals surface area contributed by atoms with Crippen LogP contribution in [0.25, 0.3) is 0 Å². The predicted octanol–water partition coefficient (Wildman–Crippen LogP) is 2.12. The van der Waals surface area contributed by atoms with E-state index in [2.05, 4.69) is 9.55 Å². The summed E-state index contributed by atoms with van der Waals surface area (Å²) in [5, 5.41) is 11.1. The molecule has 6 heteroatoms. The van der Waals surface area contributed by atoms with Crippen LogP contribution in [0.15, 0.2) is 12.5 Å². The lowest BCUT2D eigenvalue weighted by Gasteiger charge is -2.61. The number of fused-ring (bicyclic) bond motifs is 1. The summed E-state index contributed by atoms with van der Waals surface area (Å²) in [6.07, 6.45) is 6.12. The van der Waals surface area contributed by atoms with Crippen LogP contribution in [0.5, 0.6) is 0 Å². The van der Waals surface area contributed by atoms with E-state index in [1.54, 1.807) is 17.4 Å². The van der Waals surface area contributed by atoms with Crippen LogP contribution in [0.4, 0.5) is 4.79 Å². The van der Waals surface area contributed by atoms with Crippen molar-refractivity contribution in [2.24, 2.45) is 11.3 Å². The molecule has 1 aromatic rings. The first-order valence-corrected chi connectivity index (χ1v) is 8.42. The molecule has 3 heterocycles. The molecule has 1 amide bonds. The molecule has 0 aromatic carbocycles. The lowest BCUT2D eigenvalue weighted by Crippen LogP contribution is -2.66. The molecule has 1 unspecified atom stereocenters. The number of likely N-dealkylation sites (tertiary alicyclic amines) is 1. The molecule has 1 aliphatic carbocycles. The van der Waals surface area contributed by atoms with Gasteiger partial charge in [-0.15, -0.1) is 0 Å². The molecule has 2 fully saturated rings. The summed E-state index contributed by atoms with van der Waals surface area (Å²) in [5.74, 6) is 0.279. The molecule has 126 valence electrons. The highest BCUT2D eigenvalue weighted by molar-refractivity contribution is 5.69. The fourth-order valence-corrected chi connectivity index (χ4v) is 4.49. The van der Waals surface area contributed by atoms with Crippen LogP contribution in [-0.2, 0) is 16.9 Å². The zero-order valence-electron chi connectivity index (χ0n) is 14.1. The molecular formula is C17H25N3O3. The van der Waals surface area contributed by atoms with Gasteiger partial charge in [-0.2, -0.15) is 0 Å². The van der Waals surface area contributed by atoms with Crippen molar-refractivity contribution >= 4 is 6.09 Å². The molecule has 23 heavy (non-hydrogen) atoms. The zero-order chi connectivity index (χ0) is 16.5. The Hall–Kier alpha value is -1.56. The molecule has 0 radical (unpaired) electrons. The lowest BCUT2D eigenvalue weighted by molar-refractivity contribution is -0.161. The first-order chi connectivity index (χ1) is 10.7. The number of aromatic nitrogens is 2. The average Bonchev–Trinajstić information content (AvgIpc) is 2.88. The van der Waals surface area contributed by atoms with Crippen molar-refractivity contribution in [3.05, 3.63) is 18.2 Å². The first kappa shape index (κ1) is 15.0. The van der Waals surface area contributed by atoms with Gasteiger partial charge in [-0.25, -0.2) is 9.78 Å². The highest BCUT2D eigenvalue weighted by Crippen LogP contribution is 2.59. The molecule has 1 saturated heterocycles. The number of imidazole rings is 1. The summed E-state index contributed by atoms with van der Waals surface area (Å²) in [6, 6.07) is 0. The monoisotopic (exact) mass is 319 g/mol. The summed E-state index contributed by atoms with van der Waals surface area (Å²) in [7, 11) is 0. The summed E-state index contributed by atoms with van der Waals surface area (Å²) in [5.41, 5.74) is -0.0150. The Morgan fingerprint density at radius 3 is 2.74 bits per heavy atom. The fourth-order valence-electron chi connectivity index (χ4n) is 4.49. The van der Waals surface area contributed by atoms with E-state index in [9.17, 15) is 9.90 Å². The molecule has 1 saturated carbocycles. The van der Waals surface area contributed by atoms with E-state index in [1.807, 2.05) is 20.8 Å². The Morgan fingerprint density at radius 2 is 2.09 bits per heavy atom. The van der Waals surface area contributed by atoms with Crippen molar-refractivity contribution < 1.29 is 14.6 Å². The van der Waals surface area contributed by atoms with Crippen LogP contribution < -0.4 is 0 Å². The highest BCUT2D eigenvalue weighted by atomic mass is 16.6. The normalized spacial score (nSPS) is 29.1. The molecular weight excluding hydrogens is 294 g/mol. The maximum Gasteiger partial charge on any atom is 0.410 e. The standard InChI is InChI=1S/C17H25N3O3/c1-15(2,3)23-14(21)20-9-16(10-20)6-12(7-16)17(22)4-5-19-11-18-8-13(17)19/h8,11-12,22H,4-7,9-10H2,1-3H3. The summed E-state index contributed by atoms with van der Waals surface area (Å²) >= 11 is 0. The van der Waals surface area contributed by atoms with Crippen molar-refractivity contribution in [3.63, 3.8) is 0 Å². The van der Waals surface area contributed by atoms with Crippen molar-refractivity contribution in [3.8, 4) is 0 Å². The maximum absolute atomic E-state index is 12.0. The molecule has 4 rings (SSSR count). The quantitative estimate of drug-likeness (QED) is 0.861. The van der Waals surface area contributed by atoms with Gasteiger partial charge in [0.1, 0.15) is 11.2 Å². The van der Waals surface area contributed by atoms with Crippen LogP contribution in [0.3, 0.4) is 0 Å². The van der Waals surface area contributed by atoms with Crippen molar-refractivity contribution in [1.82, 2.24) is 14.5 Å². The smallest absolute Gasteiger partial charge is 0.410 e. The van der Waals surface area contributed by atoms with Crippen LogP contribution in [0, 0.1) is 11.3 Å². The SMILES string of the molecule is CC(C)(C)OC(=O)N1CC2(CC(C3(O)CCn4cncc43)C2)C1. The summed E-state index contributed by atoms with van der Waals surface area (Å²) < 4.78 is 7.47. The van der Waals surface area contributed by atoms with Crippen molar-refractivity contribution in [2.75, 3.05) is 13.1 Å². The van der Waals surface area contributed by atoms with Crippen molar-refractivity contribution in [1.29, 1.82) is 0 Å². The fraction of sp³-hybridized carbons (Fsp3) is 0.765. The number of hydrogen-bond acceptors (Lipinski definition) is 4. The van der Waals surface area contributed by atoms with E-state index in [1.165, 1.54) is 0 Å². The number of amides is 1. The number of nitrogens with zero attached hydrogens (tertiary/aromatic N) is 3. The molecule has 0 bridgehead atoms. The van der Waals surface area contributed by atoms with E-state index in [0.29, 0.717) is 0 Å². The maximum atomic E-state index is 12.0. The van der Waals surface area contributed by atoms with Gasteiger partial charge in [-0.3, -0.25) is 0 Å². The van der Waals surface area contributed by atoms with Gasteiger partial charge < -0.3 is 19.3 Å². The zero-order valence-corrected chi connectivity index (χ0v) is 14.1. The Morgan fingerprint density at radius 1 is 1.39 bits per heavy atom. The van der Waals surface area contributed by atoms with Crippen LogP contribution in [0.1, 0.15) is 45.7 Å². The first-order valence-electron chi connectivity index (χ1n) is 8.42. The molecule has 1 spiro atoms. The van der Waals surface area contributed by atoms with Gasteiger partial charge in [-0.1, -0.05) is 0 Å². The third-order valence-electron chi connectivity index (χ3n) is 5.63. The number of aliphatic hydroxyl groups is 1. The number of aryl methyl sites for hydroxylation is 1. The second kappa shape index (κ2) is 4.50. The van der Waals surface area contributed by atoms with Gasteiger partial charge in [-0.05, 0) is 39.5 Å². The third-order valence-corrected chi connectivity index (χ3v) is 5.63. The predicted molar refractivity (Wildman–Crippen MR) is 83.7 cm³/mol. The molecule has 6 nitrogen and oxygen atoms in total. The lowest BCUT2D eigenvalue weighted by atomic mass is 9.53. The van der Waals surface area contributed by atoms with E-state index in [0.717, 1.165) is 44.6 Å². The Kier molecular flexibility index (Phi) is 2.93.